The van der Waals surface area contributed by atoms with E-state index in [1.165, 1.54) is 23.3 Å². The van der Waals surface area contributed by atoms with E-state index in [1.54, 1.807) is 0 Å². The van der Waals surface area contributed by atoms with Crippen LogP contribution in [0.4, 0.5) is 0 Å². The molecule has 2 atom stereocenters. The Morgan fingerprint density at radius 1 is 1.50 bits per heavy atom. The van der Waals surface area contributed by atoms with Gasteiger partial charge in [0.25, 0.3) is 0 Å². The van der Waals surface area contributed by atoms with E-state index in [-0.39, 0.29) is 0 Å². The fourth-order valence-electron chi connectivity index (χ4n) is 2.23. The van der Waals surface area contributed by atoms with Crippen LogP contribution in [-0.2, 0) is 0 Å². The van der Waals surface area contributed by atoms with Crippen LogP contribution in [0, 0.1) is 18.8 Å². The number of nitrogens with one attached hydrogen (secondary N) is 1. The molecule has 1 aromatic heterocycles. The van der Waals surface area contributed by atoms with Crippen molar-refractivity contribution in [3.05, 3.63) is 21.9 Å². The standard InChI is InChI=1S/C12H19NS/c1-8-6-7-14-12(8)11(13-3)9(2)10-4-5-10/h6-7,9-11,13H,4-5H2,1-3H3. The minimum Gasteiger partial charge on any atom is -0.312 e. The Kier molecular flexibility index (Phi) is 2.93. The molecular formula is C12H19NS. The largest absolute Gasteiger partial charge is 0.312 e. The van der Waals surface area contributed by atoms with Crippen molar-refractivity contribution in [3.8, 4) is 0 Å². The molecule has 0 aromatic carbocycles. The molecule has 78 valence electrons. The lowest BCUT2D eigenvalue weighted by atomic mass is 9.94. The smallest absolute Gasteiger partial charge is 0.0443 e. The molecule has 0 spiro atoms. The summed E-state index contributed by atoms with van der Waals surface area (Å²) in [7, 11) is 2.09. The van der Waals surface area contributed by atoms with Gasteiger partial charge in [-0.05, 0) is 55.7 Å². The second-order valence-corrected chi connectivity index (χ2v) is 5.38. The van der Waals surface area contributed by atoms with Gasteiger partial charge in [0, 0.05) is 10.9 Å². The molecule has 14 heavy (non-hydrogen) atoms. The van der Waals surface area contributed by atoms with E-state index in [0.717, 1.165) is 11.8 Å². The van der Waals surface area contributed by atoms with Crippen molar-refractivity contribution in [2.45, 2.75) is 32.7 Å². The Balaban J connectivity index is 2.16. The lowest BCUT2D eigenvalue weighted by molar-refractivity contribution is 0.373. The fourth-order valence-corrected chi connectivity index (χ4v) is 3.38. The van der Waals surface area contributed by atoms with Gasteiger partial charge in [0.2, 0.25) is 0 Å². The molecule has 1 aliphatic carbocycles. The topological polar surface area (TPSA) is 12.0 Å². The maximum absolute atomic E-state index is 3.48. The van der Waals surface area contributed by atoms with Gasteiger partial charge in [-0.3, -0.25) is 0 Å². The molecule has 0 bridgehead atoms. The summed E-state index contributed by atoms with van der Waals surface area (Å²) in [4.78, 5) is 1.53. The third kappa shape index (κ3) is 1.86. The summed E-state index contributed by atoms with van der Waals surface area (Å²) in [5.41, 5.74) is 1.45. The van der Waals surface area contributed by atoms with Crippen LogP contribution in [0.15, 0.2) is 11.4 Å². The number of aryl methyl sites for hydroxylation is 1. The van der Waals surface area contributed by atoms with E-state index < -0.39 is 0 Å². The van der Waals surface area contributed by atoms with Crippen molar-refractivity contribution in [2.24, 2.45) is 11.8 Å². The highest BCUT2D eigenvalue weighted by atomic mass is 32.1. The molecule has 1 N–H and O–H groups in total. The molecule has 1 nitrogen and oxygen atoms in total. The van der Waals surface area contributed by atoms with Gasteiger partial charge < -0.3 is 5.32 Å². The summed E-state index contributed by atoms with van der Waals surface area (Å²) < 4.78 is 0. The van der Waals surface area contributed by atoms with E-state index in [9.17, 15) is 0 Å². The average Bonchev–Trinajstić information content (AvgIpc) is 2.94. The molecule has 2 unspecified atom stereocenters. The van der Waals surface area contributed by atoms with Crippen LogP contribution >= 0.6 is 11.3 Å². The van der Waals surface area contributed by atoms with Crippen molar-refractivity contribution >= 4 is 11.3 Å². The van der Waals surface area contributed by atoms with E-state index in [1.807, 2.05) is 11.3 Å². The second kappa shape index (κ2) is 4.03. The fraction of sp³-hybridized carbons (Fsp3) is 0.667. The number of rotatable bonds is 4. The maximum atomic E-state index is 3.48. The highest BCUT2D eigenvalue weighted by Crippen LogP contribution is 2.43. The van der Waals surface area contributed by atoms with Gasteiger partial charge in [0.05, 0.1) is 0 Å². The first kappa shape index (κ1) is 10.2. The van der Waals surface area contributed by atoms with Gasteiger partial charge in [-0.2, -0.15) is 0 Å². The third-order valence-corrected chi connectivity index (χ3v) is 4.49. The summed E-state index contributed by atoms with van der Waals surface area (Å²) in [6, 6.07) is 2.80. The van der Waals surface area contributed by atoms with Crippen LogP contribution in [0.1, 0.15) is 36.2 Å². The van der Waals surface area contributed by atoms with E-state index in [2.05, 4.69) is 37.7 Å². The molecule has 0 radical (unpaired) electrons. The van der Waals surface area contributed by atoms with Gasteiger partial charge in [-0.25, -0.2) is 0 Å². The van der Waals surface area contributed by atoms with E-state index >= 15 is 0 Å². The van der Waals surface area contributed by atoms with Crippen molar-refractivity contribution in [1.82, 2.24) is 5.32 Å². The summed E-state index contributed by atoms with van der Waals surface area (Å²) >= 11 is 1.89. The summed E-state index contributed by atoms with van der Waals surface area (Å²) in [5.74, 6) is 1.76. The predicted octanol–water partition coefficient (Wildman–Crippen LogP) is 3.36. The molecule has 1 aromatic rings. The molecule has 0 amide bonds. The van der Waals surface area contributed by atoms with Crippen LogP contribution in [-0.4, -0.2) is 7.05 Å². The van der Waals surface area contributed by atoms with Gasteiger partial charge in [-0.1, -0.05) is 6.92 Å². The lowest BCUT2D eigenvalue weighted by Crippen LogP contribution is -2.24. The Morgan fingerprint density at radius 2 is 2.21 bits per heavy atom. The van der Waals surface area contributed by atoms with Crippen molar-refractivity contribution in [2.75, 3.05) is 7.05 Å². The zero-order chi connectivity index (χ0) is 10.1. The normalized spacial score (nSPS) is 20.8. The van der Waals surface area contributed by atoms with Gasteiger partial charge in [0.15, 0.2) is 0 Å². The van der Waals surface area contributed by atoms with Gasteiger partial charge in [0.1, 0.15) is 0 Å². The van der Waals surface area contributed by atoms with Crippen molar-refractivity contribution in [3.63, 3.8) is 0 Å². The first-order chi connectivity index (χ1) is 6.74. The molecule has 1 aliphatic rings. The summed E-state index contributed by atoms with van der Waals surface area (Å²) in [6.07, 6.45) is 2.87. The Hall–Kier alpha value is -0.340. The number of thiophene rings is 1. The van der Waals surface area contributed by atoms with E-state index in [4.69, 9.17) is 0 Å². The second-order valence-electron chi connectivity index (χ2n) is 4.43. The molecule has 1 saturated carbocycles. The zero-order valence-corrected chi connectivity index (χ0v) is 10.0. The van der Waals surface area contributed by atoms with Crippen LogP contribution in [0.25, 0.3) is 0 Å². The molecule has 2 heteroatoms. The molecule has 2 rings (SSSR count). The average molecular weight is 209 g/mol. The molecule has 0 saturated heterocycles. The first-order valence-corrected chi connectivity index (χ1v) is 6.33. The quantitative estimate of drug-likeness (QED) is 0.801. The first-order valence-electron chi connectivity index (χ1n) is 5.45. The minimum absolute atomic E-state index is 0.572. The third-order valence-electron chi connectivity index (χ3n) is 3.39. The number of hydrogen-bond donors (Lipinski definition) is 1. The highest BCUT2D eigenvalue weighted by molar-refractivity contribution is 7.10. The number of hydrogen-bond acceptors (Lipinski definition) is 2. The Morgan fingerprint density at radius 3 is 2.64 bits per heavy atom. The van der Waals surface area contributed by atoms with Gasteiger partial charge in [-0.15, -0.1) is 11.3 Å². The lowest BCUT2D eigenvalue weighted by Gasteiger charge is -2.23. The molecule has 0 aliphatic heterocycles. The Bertz CT molecular complexity index is 301. The van der Waals surface area contributed by atoms with Crippen LogP contribution in [0.3, 0.4) is 0 Å². The van der Waals surface area contributed by atoms with Crippen molar-refractivity contribution < 1.29 is 0 Å². The monoisotopic (exact) mass is 209 g/mol. The molecule has 1 heterocycles. The van der Waals surface area contributed by atoms with E-state index in [0.29, 0.717) is 6.04 Å². The molecule has 1 fully saturated rings. The van der Waals surface area contributed by atoms with Crippen LogP contribution in [0.2, 0.25) is 0 Å². The van der Waals surface area contributed by atoms with Crippen LogP contribution in [0.5, 0.6) is 0 Å². The Labute approximate surface area is 90.5 Å². The predicted molar refractivity (Wildman–Crippen MR) is 62.7 cm³/mol. The maximum Gasteiger partial charge on any atom is 0.0443 e. The molecular weight excluding hydrogens is 190 g/mol. The zero-order valence-electron chi connectivity index (χ0n) is 9.21. The minimum atomic E-state index is 0.572. The van der Waals surface area contributed by atoms with Gasteiger partial charge >= 0.3 is 0 Å². The summed E-state index contributed by atoms with van der Waals surface area (Å²) in [6.45, 7) is 4.60. The summed E-state index contributed by atoms with van der Waals surface area (Å²) in [5, 5.41) is 5.68. The van der Waals surface area contributed by atoms with Crippen molar-refractivity contribution in [1.29, 1.82) is 0 Å². The highest BCUT2D eigenvalue weighted by Gasteiger charge is 2.34. The van der Waals surface area contributed by atoms with Crippen LogP contribution < -0.4 is 5.32 Å². The SMILES string of the molecule is CNC(c1sccc1C)C(C)C1CC1.